The molecule has 2 amide bonds. The van der Waals surface area contributed by atoms with Gasteiger partial charge in [0.15, 0.2) is 5.16 Å². The number of nitrogens with zero attached hydrogens (tertiary/aromatic N) is 2. The van der Waals surface area contributed by atoms with E-state index in [4.69, 9.17) is 16.3 Å². The molecule has 1 aromatic heterocycles. The average molecular weight is 419 g/mol. The van der Waals surface area contributed by atoms with Crippen molar-refractivity contribution in [3.8, 4) is 5.75 Å². The van der Waals surface area contributed by atoms with Gasteiger partial charge in [-0.1, -0.05) is 29.4 Å². The quantitative estimate of drug-likeness (QED) is 0.574. The van der Waals surface area contributed by atoms with Crippen LogP contribution in [0.2, 0.25) is 5.02 Å². The third kappa shape index (κ3) is 5.17. The van der Waals surface area contributed by atoms with Gasteiger partial charge in [0.2, 0.25) is 11.8 Å². The van der Waals surface area contributed by atoms with Crippen molar-refractivity contribution >= 4 is 51.9 Å². The first-order valence-electron chi connectivity index (χ1n) is 8.40. The van der Waals surface area contributed by atoms with Crippen molar-refractivity contribution < 1.29 is 14.3 Å². The summed E-state index contributed by atoms with van der Waals surface area (Å²) in [6, 6.07) is 12.4. The summed E-state index contributed by atoms with van der Waals surface area (Å²) in [6.45, 7) is -0.0493. The van der Waals surface area contributed by atoms with Gasteiger partial charge in [0.1, 0.15) is 5.75 Å². The monoisotopic (exact) mass is 418 g/mol. The van der Waals surface area contributed by atoms with Crippen molar-refractivity contribution in [2.45, 2.75) is 5.16 Å². The Morgan fingerprint density at radius 3 is 2.89 bits per heavy atom. The minimum absolute atomic E-state index is 0.0493. The predicted octanol–water partition coefficient (Wildman–Crippen LogP) is 3.41. The molecule has 146 valence electrons. The number of hydrogen-bond acceptors (Lipinski definition) is 5. The molecule has 7 nitrogen and oxygen atoms in total. The number of imidazole rings is 1. The summed E-state index contributed by atoms with van der Waals surface area (Å²) in [5, 5.41) is 3.99. The molecule has 9 heteroatoms. The first kappa shape index (κ1) is 20.0. The molecule has 0 bridgehead atoms. The minimum Gasteiger partial charge on any atom is -0.497 e. The number of methoxy groups -OCH3 is 1. The van der Waals surface area contributed by atoms with Crippen LogP contribution in [0.5, 0.6) is 5.75 Å². The highest BCUT2D eigenvalue weighted by Gasteiger charge is 2.15. The highest BCUT2D eigenvalue weighted by atomic mass is 35.5. The van der Waals surface area contributed by atoms with Gasteiger partial charge in [-0.05, 0) is 30.3 Å². The van der Waals surface area contributed by atoms with E-state index in [2.05, 4.69) is 15.3 Å². The number of ether oxygens (including phenoxy) is 1. The lowest BCUT2D eigenvalue weighted by Gasteiger charge is -2.16. The van der Waals surface area contributed by atoms with Crippen LogP contribution in [0.25, 0.3) is 11.0 Å². The lowest BCUT2D eigenvalue weighted by molar-refractivity contribution is -0.131. The second kappa shape index (κ2) is 8.99. The van der Waals surface area contributed by atoms with E-state index in [1.54, 1.807) is 50.6 Å². The fourth-order valence-corrected chi connectivity index (χ4v) is 3.47. The number of H-pyrrole nitrogens is 1. The zero-order valence-corrected chi connectivity index (χ0v) is 16.9. The third-order valence-electron chi connectivity index (χ3n) is 3.91. The molecule has 0 aliphatic rings. The molecule has 0 saturated heterocycles. The van der Waals surface area contributed by atoms with E-state index in [0.717, 1.165) is 11.0 Å². The number of nitrogens with one attached hydrogen (secondary N) is 2. The van der Waals surface area contributed by atoms with Crippen LogP contribution in [0.1, 0.15) is 0 Å². The van der Waals surface area contributed by atoms with Gasteiger partial charge in [-0.25, -0.2) is 4.98 Å². The molecule has 0 unspecified atom stereocenters. The lowest BCUT2D eigenvalue weighted by atomic mass is 10.3. The van der Waals surface area contributed by atoms with Crippen molar-refractivity contribution in [1.82, 2.24) is 14.9 Å². The van der Waals surface area contributed by atoms with E-state index in [1.807, 2.05) is 6.07 Å². The Kier molecular flexibility index (Phi) is 6.43. The highest BCUT2D eigenvalue weighted by molar-refractivity contribution is 7.99. The zero-order chi connectivity index (χ0) is 20.1. The van der Waals surface area contributed by atoms with Gasteiger partial charge in [-0.3, -0.25) is 9.59 Å². The Bertz CT molecular complexity index is 1010. The number of hydrogen-bond donors (Lipinski definition) is 2. The molecule has 0 spiro atoms. The van der Waals surface area contributed by atoms with Crippen LogP contribution in [0.4, 0.5) is 5.69 Å². The van der Waals surface area contributed by atoms with Gasteiger partial charge in [-0.2, -0.15) is 0 Å². The maximum absolute atomic E-state index is 12.3. The third-order valence-corrected chi connectivity index (χ3v) is 5.01. The van der Waals surface area contributed by atoms with Crippen molar-refractivity contribution in [3.63, 3.8) is 0 Å². The van der Waals surface area contributed by atoms with E-state index < -0.39 is 0 Å². The summed E-state index contributed by atoms with van der Waals surface area (Å²) < 4.78 is 5.12. The van der Waals surface area contributed by atoms with Crippen LogP contribution >= 0.6 is 23.4 Å². The van der Waals surface area contributed by atoms with Crippen molar-refractivity contribution in [2.24, 2.45) is 0 Å². The Labute approximate surface area is 171 Å². The van der Waals surface area contributed by atoms with E-state index in [0.29, 0.717) is 21.6 Å². The SMILES string of the molecule is COc1cccc(NC(=O)CN(C)C(=O)CSc2nc3ccc(Cl)cc3[nH]2)c1. The molecule has 0 fully saturated rings. The summed E-state index contributed by atoms with van der Waals surface area (Å²) in [7, 11) is 3.15. The number of halogens is 1. The summed E-state index contributed by atoms with van der Waals surface area (Å²) in [5.41, 5.74) is 2.21. The number of carbonyl (C=O) groups is 2. The molecule has 0 radical (unpaired) electrons. The smallest absolute Gasteiger partial charge is 0.243 e. The van der Waals surface area contributed by atoms with E-state index in [-0.39, 0.29) is 24.1 Å². The molecule has 2 aromatic carbocycles. The number of carbonyl (C=O) groups excluding carboxylic acids is 2. The van der Waals surface area contributed by atoms with Crippen LogP contribution in [0.15, 0.2) is 47.6 Å². The minimum atomic E-state index is -0.285. The molecular weight excluding hydrogens is 400 g/mol. The van der Waals surface area contributed by atoms with Gasteiger partial charge < -0.3 is 19.9 Å². The number of aromatic nitrogens is 2. The second-order valence-corrected chi connectivity index (χ2v) is 7.42. The normalized spacial score (nSPS) is 10.7. The average Bonchev–Trinajstić information content (AvgIpc) is 3.08. The van der Waals surface area contributed by atoms with Crippen LogP contribution in [-0.4, -0.2) is 53.1 Å². The Morgan fingerprint density at radius 2 is 2.11 bits per heavy atom. The molecule has 1 heterocycles. The summed E-state index contributed by atoms with van der Waals surface area (Å²) in [6.07, 6.45) is 0. The van der Waals surface area contributed by atoms with Gasteiger partial charge in [0.05, 0.1) is 30.4 Å². The molecule has 0 saturated carbocycles. The maximum atomic E-state index is 12.3. The Balaban J connectivity index is 1.51. The predicted molar refractivity (Wildman–Crippen MR) is 111 cm³/mol. The van der Waals surface area contributed by atoms with E-state index in [1.165, 1.54) is 16.7 Å². The molecule has 0 atom stereocenters. The largest absolute Gasteiger partial charge is 0.497 e. The van der Waals surface area contributed by atoms with Gasteiger partial charge in [-0.15, -0.1) is 0 Å². The maximum Gasteiger partial charge on any atom is 0.243 e. The van der Waals surface area contributed by atoms with Crippen molar-refractivity contribution in [2.75, 3.05) is 31.8 Å². The summed E-state index contributed by atoms with van der Waals surface area (Å²) in [4.78, 5) is 33.4. The fraction of sp³-hybridized carbons (Fsp3) is 0.211. The number of thioether (sulfide) groups is 1. The summed E-state index contributed by atoms with van der Waals surface area (Å²) in [5.74, 6) is 0.346. The summed E-state index contributed by atoms with van der Waals surface area (Å²) >= 11 is 7.24. The topological polar surface area (TPSA) is 87.3 Å². The van der Waals surface area contributed by atoms with Crippen LogP contribution in [0, 0.1) is 0 Å². The number of amides is 2. The molecule has 28 heavy (non-hydrogen) atoms. The number of aromatic amines is 1. The van der Waals surface area contributed by atoms with Crippen molar-refractivity contribution in [3.05, 3.63) is 47.5 Å². The zero-order valence-electron chi connectivity index (χ0n) is 15.4. The fourth-order valence-electron chi connectivity index (χ4n) is 2.47. The standard InChI is InChI=1S/C19H19ClN4O3S/c1-24(10-17(25)21-13-4-3-5-14(9-13)27-2)18(26)11-28-19-22-15-7-6-12(20)8-16(15)23-19/h3-9H,10-11H2,1-2H3,(H,21,25)(H,22,23). The van der Waals surface area contributed by atoms with E-state index in [9.17, 15) is 9.59 Å². The van der Waals surface area contributed by atoms with Crippen LogP contribution in [-0.2, 0) is 9.59 Å². The first-order valence-corrected chi connectivity index (χ1v) is 9.77. The van der Waals surface area contributed by atoms with Gasteiger partial charge in [0, 0.05) is 23.8 Å². The van der Waals surface area contributed by atoms with Crippen molar-refractivity contribution in [1.29, 1.82) is 0 Å². The Morgan fingerprint density at radius 1 is 1.29 bits per heavy atom. The molecular formula is C19H19ClN4O3S. The molecule has 2 N–H and O–H groups in total. The number of likely N-dealkylation sites (N-methyl/N-ethyl adjacent to an activating group) is 1. The molecule has 3 rings (SSSR count). The van der Waals surface area contributed by atoms with Crippen LogP contribution in [0.3, 0.4) is 0 Å². The molecule has 0 aliphatic heterocycles. The van der Waals surface area contributed by atoms with Gasteiger partial charge in [0.25, 0.3) is 0 Å². The Hall–Kier alpha value is -2.71. The highest BCUT2D eigenvalue weighted by Crippen LogP contribution is 2.22. The number of benzene rings is 2. The molecule has 0 aliphatic carbocycles. The first-order chi connectivity index (χ1) is 13.4. The van der Waals surface area contributed by atoms with E-state index >= 15 is 0 Å². The second-order valence-electron chi connectivity index (χ2n) is 6.02. The number of fused-ring (bicyclic) bond motifs is 1. The number of anilines is 1. The lowest BCUT2D eigenvalue weighted by Crippen LogP contribution is -2.35. The number of rotatable bonds is 7. The van der Waals surface area contributed by atoms with Gasteiger partial charge >= 0.3 is 0 Å². The van der Waals surface area contributed by atoms with Crippen LogP contribution < -0.4 is 10.1 Å². The molecule has 3 aromatic rings.